The van der Waals surface area contributed by atoms with Gasteiger partial charge in [0.2, 0.25) is 0 Å². The molecule has 1 fully saturated rings. The molecule has 1 aromatic heterocycles. The molecule has 0 bridgehead atoms. The predicted octanol–water partition coefficient (Wildman–Crippen LogP) is -0.147. The lowest BCUT2D eigenvalue weighted by Gasteiger charge is -2.15. The largest absolute Gasteiger partial charge is 0.290 e. The van der Waals surface area contributed by atoms with Crippen molar-refractivity contribution in [3.8, 4) is 0 Å². The first-order valence-corrected chi connectivity index (χ1v) is 4.62. The van der Waals surface area contributed by atoms with Crippen molar-refractivity contribution < 1.29 is 19.0 Å². The highest BCUT2D eigenvalue weighted by Crippen LogP contribution is 2.15. The van der Waals surface area contributed by atoms with Gasteiger partial charge in [-0.1, -0.05) is 0 Å². The Kier molecular flexibility index (Phi) is 2.00. The maximum atomic E-state index is 11.2. The lowest BCUT2D eigenvalue weighted by molar-refractivity contribution is -0.697. The molecule has 76 valence electrons. The molecule has 0 aliphatic heterocycles. The summed E-state index contributed by atoms with van der Waals surface area (Å²) in [6.07, 6.45) is 3.39. The number of carbonyl (C=O) groups excluding carboxylic acids is 3. The fourth-order valence-electron chi connectivity index (χ4n) is 1.77. The van der Waals surface area contributed by atoms with Gasteiger partial charge in [0.05, 0.1) is 0 Å². The maximum Gasteiger partial charge on any atom is 0.290 e. The maximum absolute atomic E-state index is 11.2. The van der Waals surface area contributed by atoms with Gasteiger partial charge in [0.1, 0.15) is 0 Å². The molecule has 0 N–H and O–H groups in total. The average Bonchev–Trinajstić information content (AvgIpc) is 2.16. The van der Waals surface area contributed by atoms with Crippen molar-refractivity contribution in [1.82, 2.24) is 0 Å². The van der Waals surface area contributed by atoms with Crippen LogP contribution >= 0.6 is 0 Å². The van der Waals surface area contributed by atoms with Crippen LogP contribution in [0.5, 0.6) is 0 Å². The number of hydrogen-bond donors (Lipinski definition) is 0. The third-order valence-electron chi connectivity index (χ3n) is 2.40. The molecule has 0 spiro atoms. The molecule has 1 heterocycles. The monoisotopic (exact) mass is 204 g/mol. The van der Waals surface area contributed by atoms with E-state index in [-0.39, 0.29) is 0 Å². The van der Waals surface area contributed by atoms with E-state index >= 15 is 0 Å². The Labute approximate surface area is 86.5 Å². The number of hydrogen-bond acceptors (Lipinski definition) is 3. The van der Waals surface area contributed by atoms with E-state index < -0.39 is 23.4 Å². The summed E-state index contributed by atoms with van der Waals surface area (Å²) in [6.45, 7) is 3.75. The number of carbonyl (C=O) groups is 3. The topological polar surface area (TPSA) is 55.1 Å². The Balaban J connectivity index is 2.43. The van der Waals surface area contributed by atoms with Gasteiger partial charge < -0.3 is 0 Å². The van der Waals surface area contributed by atoms with E-state index in [9.17, 15) is 14.4 Å². The van der Waals surface area contributed by atoms with Gasteiger partial charge >= 0.3 is 0 Å². The van der Waals surface area contributed by atoms with Gasteiger partial charge in [0.25, 0.3) is 23.4 Å². The molecule has 4 nitrogen and oxygen atoms in total. The van der Waals surface area contributed by atoms with Gasteiger partial charge in [0, 0.05) is 11.1 Å². The van der Waals surface area contributed by atoms with E-state index in [1.807, 2.05) is 19.9 Å². The summed E-state index contributed by atoms with van der Waals surface area (Å²) >= 11 is 0. The highest BCUT2D eigenvalue weighted by molar-refractivity contribution is 6.77. The van der Waals surface area contributed by atoms with Gasteiger partial charge in [-0.3, -0.25) is 14.4 Å². The standard InChI is InChI=1S/C11H10NO3/c1-6-3-7(2)5-12(4-6)8-9(13)11(15)10(8)14/h3-5,8H,1-2H3/q+1. The highest BCUT2D eigenvalue weighted by atomic mass is 16.2. The molecular formula is C11H10NO3+. The first-order valence-electron chi connectivity index (χ1n) is 4.62. The molecule has 0 aromatic carbocycles. The van der Waals surface area contributed by atoms with Crippen LogP contribution in [0.2, 0.25) is 0 Å². The van der Waals surface area contributed by atoms with Gasteiger partial charge in [-0.2, -0.15) is 4.57 Å². The zero-order valence-corrected chi connectivity index (χ0v) is 8.48. The molecule has 1 saturated carbocycles. The molecule has 0 atom stereocenters. The lowest BCUT2D eigenvalue weighted by Crippen LogP contribution is -2.61. The Morgan fingerprint density at radius 3 is 1.93 bits per heavy atom. The minimum atomic E-state index is -0.920. The van der Waals surface area contributed by atoms with Crippen LogP contribution in [0.25, 0.3) is 0 Å². The summed E-state index contributed by atoms with van der Waals surface area (Å²) in [5.41, 5.74) is 1.91. The Morgan fingerprint density at radius 1 is 1.00 bits per heavy atom. The van der Waals surface area contributed by atoms with Crippen molar-refractivity contribution in [3.63, 3.8) is 0 Å². The van der Waals surface area contributed by atoms with Crippen molar-refractivity contribution in [3.05, 3.63) is 29.6 Å². The molecule has 15 heavy (non-hydrogen) atoms. The zero-order chi connectivity index (χ0) is 11.2. The number of rotatable bonds is 1. The fraction of sp³-hybridized carbons (Fsp3) is 0.273. The molecule has 1 aliphatic rings. The quantitative estimate of drug-likeness (QED) is 0.363. The number of Topliss-reactive ketones (excluding diaryl/α,β-unsaturated/α-hetero) is 3. The van der Waals surface area contributed by atoms with Crippen molar-refractivity contribution in [2.24, 2.45) is 0 Å². The van der Waals surface area contributed by atoms with Crippen LogP contribution in [0.1, 0.15) is 17.2 Å². The van der Waals surface area contributed by atoms with Gasteiger partial charge in [-0.05, 0) is 19.9 Å². The minimum Gasteiger partial charge on any atom is -0.282 e. The van der Waals surface area contributed by atoms with Gasteiger partial charge in [0.15, 0.2) is 12.4 Å². The second-order valence-electron chi connectivity index (χ2n) is 3.80. The normalized spacial score (nSPS) is 16.8. The molecule has 0 amide bonds. The van der Waals surface area contributed by atoms with Crippen molar-refractivity contribution in [2.45, 2.75) is 19.9 Å². The Bertz CT molecular complexity index is 452. The van der Waals surface area contributed by atoms with Crippen molar-refractivity contribution in [2.75, 3.05) is 0 Å². The summed E-state index contributed by atoms with van der Waals surface area (Å²) in [7, 11) is 0. The van der Waals surface area contributed by atoms with Crippen LogP contribution in [0.15, 0.2) is 18.5 Å². The van der Waals surface area contributed by atoms with E-state index in [4.69, 9.17) is 0 Å². The first kappa shape index (κ1) is 9.71. The van der Waals surface area contributed by atoms with E-state index in [2.05, 4.69) is 0 Å². The summed E-state index contributed by atoms with van der Waals surface area (Å²) in [4.78, 5) is 33.2. The van der Waals surface area contributed by atoms with Gasteiger partial charge in [-0.15, -0.1) is 0 Å². The van der Waals surface area contributed by atoms with E-state index in [0.717, 1.165) is 11.1 Å². The third-order valence-corrected chi connectivity index (χ3v) is 2.40. The van der Waals surface area contributed by atoms with Gasteiger partial charge in [-0.25, -0.2) is 0 Å². The number of ketones is 3. The van der Waals surface area contributed by atoms with Crippen LogP contribution in [0, 0.1) is 13.8 Å². The lowest BCUT2D eigenvalue weighted by atomic mass is 9.87. The number of nitrogens with zero attached hydrogens (tertiary/aromatic N) is 1. The van der Waals surface area contributed by atoms with Crippen molar-refractivity contribution in [1.29, 1.82) is 0 Å². The molecule has 1 aliphatic carbocycles. The Hall–Kier alpha value is -1.84. The minimum absolute atomic E-state index is 0.616. The summed E-state index contributed by atoms with van der Waals surface area (Å²) < 4.78 is 1.51. The average molecular weight is 204 g/mol. The summed E-state index contributed by atoms with van der Waals surface area (Å²) in [5, 5.41) is 0. The molecule has 0 unspecified atom stereocenters. The van der Waals surface area contributed by atoms with Crippen LogP contribution < -0.4 is 4.57 Å². The van der Waals surface area contributed by atoms with Crippen LogP contribution in [-0.2, 0) is 14.4 Å². The van der Waals surface area contributed by atoms with Crippen LogP contribution in [-0.4, -0.2) is 17.3 Å². The third kappa shape index (κ3) is 1.38. The molecule has 0 saturated heterocycles. The van der Waals surface area contributed by atoms with Crippen LogP contribution in [0.4, 0.5) is 0 Å². The second-order valence-corrected chi connectivity index (χ2v) is 3.80. The molecule has 2 rings (SSSR count). The molecular weight excluding hydrogens is 194 g/mol. The number of pyridine rings is 1. The second kappa shape index (κ2) is 3.08. The molecule has 1 aromatic rings. The first-order chi connectivity index (χ1) is 7.00. The van der Waals surface area contributed by atoms with E-state index in [1.54, 1.807) is 12.4 Å². The molecule has 4 heteroatoms. The number of aryl methyl sites for hydroxylation is 2. The van der Waals surface area contributed by atoms with E-state index in [1.165, 1.54) is 4.57 Å². The van der Waals surface area contributed by atoms with Crippen LogP contribution in [0.3, 0.4) is 0 Å². The SMILES string of the molecule is Cc1cc(C)c[n+](C2C(=O)C(=O)C2=O)c1. The smallest absolute Gasteiger partial charge is 0.282 e. The molecule has 0 radical (unpaired) electrons. The predicted molar refractivity (Wildman–Crippen MR) is 50.2 cm³/mol. The fourth-order valence-corrected chi connectivity index (χ4v) is 1.77. The highest BCUT2D eigenvalue weighted by Gasteiger charge is 2.55. The summed E-state index contributed by atoms with van der Waals surface area (Å²) in [5.74, 6) is -2.11. The van der Waals surface area contributed by atoms with Crippen molar-refractivity contribution >= 4 is 17.3 Å². The van der Waals surface area contributed by atoms with E-state index in [0.29, 0.717) is 0 Å². The Morgan fingerprint density at radius 2 is 1.47 bits per heavy atom. The zero-order valence-electron chi connectivity index (χ0n) is 8.48. The summed E-state index contributed by atoms with van der Waals surface area (Å²) in [6, 6.07) is 1.02. The number of aromatic nitrogens is 1.